The third kappa shape index (κ3) is 6.31. The highest BCUT2D eigenvalue weighted by molar-refractivity contribution is 5.94. The van der Waals surface area contributed by atoms with Crippen LogP contribution in [0.2, 0.25) is 0 Å². The van der Waals surface area contributed by atoms with E-state index in [1.54, 1.807) is 6.08 Å². The molecule has 1 aliphatic carbocycles. The van der Waals surface area contributed by atoms with Crippen molar-refractivity contribution in [2.24, 2.45) is 11.3 Å². The topological polar surface area (TPSA) is 78.4 Å². The van der Waals surface area contributed by atoms with Gasteiger partial charge in [-0.3, -0.25) is 4.79 Å². The number of allylic oxidation sites excluding steroid dienone is 1. The van der Waals surface area contributed by atoms with Crippen LogP contribution < -0.4 is 10.6 Å². The van der Waals surface area contributed by atoms with Crippen molar-refractivity contribution in [1.29, 1.82) is 0 Å². The Bertz CT molecular complexity index is 475. The van der Waals surface area contributed by atoms with Crippen LogP contribution in [0.3, 0.4) is 0 Å². The van der Waals surface area contributed by atoms with Gasteiger partial charge in [0.2, 0.25) is 5.91 Å². The van der Waals surface area contributed by atoms with Crippen LogP contribution in [-0.4, -0.2) is 30.1 Å². The van der Waals surface area contributed by atoms with Gasteiger partial charge in [0.15, 0.2) is 0 Å². The summed E-state index contributed by atoms with van der Waals surface area (Å²) in [6, 6.07) is 0. The number of nitrogens with one attached hydrogen (secondary N) is 2. The Morgan fingerprint density at radius 3 is 2.59 bits per heavy atom. The van der Waals surface area contributed by atoms with Crippen molar-refractivity contribution >= 4 is 11.9 Å². The molecule has 0 aromatic heterocycles. The van der Waals surface area contributed by atoms with Crippen LogP contribution in [0.4, 0.5) is 0 Å². The van der Waals surface area contributed by atoms with E-state index in [4.69, 9.17) is 11.5 Å². The Kier molecular flexibility index (Phi) is 7.13. The maximum Gasteiger partial charge on any atom is 0.352 e. The number of carbonyl (C=O) groups is 2. The Balaban J connectivity index is 2.27. The van der Waals surface area contributed by atoms with Gasteiger partial charge in [0.05, 0.1) is 6.54 Å². The first-order valence-electron chi connectivity index (χ1n) is 7.77. The molecule has 3 N–H and O–H groups in total. The van der Waals surface area contributed by atoms with E-state index in [1.807, 2.05) is 13.8 Å². The van der Waals surface area contributed by atoms with Crippen molar-refractivity contribution in [3.8, 4) is 12.3 Å². The van der Waals surface area contributed by atoms with E-state index in [9.17, 15) is 9.59 Å². The second-order valence-electron chi connectivity index (χ2n) is 6.39. The minimum Gasteiger partial charge on any atom is -0.477 e. The van der Waals surface area contributed by atoms with Crippen molar-refractivity contribution in [3.05, 3.63) is 11.8 Å². The van der Waals surface area contributed by atoms with Gasteiger partial charge in [-0.05, 0) is 37.6 Å². The van der Waals surface area contributed by atoms with Crippen molar-refractivity contribution in [2.75, 3.05) is 13.1 Å². The number of hydrogen-bond acceptors (Lipinski definition) is 3. The van der Waals surface area contributed by atoms with Gasteiger partial charge in [-0.15, -0.1) is 6.42 Å². The Morgan fingerprint density at radius 2 is 2.05 bits per heavy atom. The number of aliphatic carboxylic acids is 1. The van der Waals surface area contributed by atoms with Crippen molar-refractivity contribution in [1.82, 2.24) is 10.6 Å². The van der Waals surface area contributed by atoms with Crippen LogP contribution in [0, 0.1) is 23.7 Å². The number of carboxylic acids is 1. The van der Waals surface area contributed by atoms with Crippen molar-refractivity contribution in [3.63, 3.8) is 0 Å². The largest absolute Gasteiger partial charge is 0.477 e. The highest BCUT2D eigenvalue weighted by Crippen LogP contribution is 2.51. The smallest absolute Gasteiger partial charge is 0.352 e. The molecule has 1 fully saturated rings. The second kappa shape index (κ2) is 8.60. The maximum atomic E-state index is 11.9. The summed E-state index contributed by atoms with van der Waals surface area (Å²) >= 11 is 0. The van der Waals surface area contributed by atoms with E-state index in [1.165, 1.54) is 0 Å². The first-order valence-corrected chi connectivity index (χ1v) is 7.77. The molecule has 0 aliphatic heterocycles. The average Bonchev–Trinajstić information content (AvgIpc) is 3.09. The molecule has 0 spiro atoms. The van der Waals surface area contributed by atoms with E-state index in [2.05, 4.69) is 16.6 Å². The van der Waals surface area contributed by atoms with Crippen LogP contribution in [0.15, 0.2) is 11.8 Å². The molecule has 0 saturated heterocycles. The molecule has 0 radical (unpaired) electrons. The van der Waals surface area contributed by atoms with Crippen LogP contribution in [0.25, 0.3) is 0 Å². The molecule has 1 saturated carbocycles. The molecular weight excluding hydrogens is 280 g/mol. The van der Waals surface area contributed by atoms with Gasteiger partial charge in [-0.1, -0.05) is 32.3 Å². The lowest BCUT2D eigenvalue weighted by Crippen LogP contribution is -2.29. The molecule has 1 rings (SSSR count). The van der Waals surface area contributed by atoms with Crippen molar-refractivity contribution < 1.29 is 14.7 Å². The second-order valence-corrected chi connectivity index (χ2v) is 6.39. The van der Waals surface area contributed by atoms with Gasteiger partial charge in [-0.2, -0.15) is 0 Å². The Labute approximate surface area is 132 Å². The molecule has 1 aliphatic rings. The average molecular weight is 306 g/mol. The van der Waals surface area contributed by atoms with Crippen LogP contribution in [0.1, 0.15) is 46.0 Å². The lowest BCUT2D eigenvalue weighted by Gasteiger charge is -2.07. The van der Waals surface area contributed by atoms with E-state index in [0.717, 1.165) is 32.2 Å². The predicted molar refractivity (Wildman–Crippen MR) is 85.9 cm³/mol. The maximum absolute atomic E-state index is 11.9. The van der Waals surface area contributed by atoms with Crippen LogP contribution in [-0.2, 0) is 9.59 Å². The SMILES string of the molecule is C#CCNCCCCC/C=C(\NC(=O)C1CC1(C)C)C(=O)O. The summed E-state index contributed by atoms with van der Waals surface area (Å²) in [5.41, 5.74) is -0.00262. The molecule has 122 valence electrons. The summed E-state index contributed by atoms with van der Waals surface area (Å²) < 4.78 is 0. The van der Waals surface area contributed by atoms with E-state index < -0.39 is 5.97 Å². The molecule has 0 heterocycles. The third-order valence-electron chi connectivity index (χ3n) is 3.95. The minimum atomic E-state index is -1.08. The zero-order valence-electron chi connectivity index (χ0n) is 13.4. The molecule has 5 heteroatoms. The number of unbranched alkanes of at least 4 members (excludes halogenated alkanes) is 3. The molecule has 0 bridgehead atoms. The summed E-state index contributed by atoms with van der Waals surface area (Å²) in [5.74, 6) is 1.17. The fourth-order valence-electron chi connectivity index (χ4n) is 2.30. The number of terminal acetylenes is 1. The Morgan fingerprint density at radius 1 is 1.36 bits per heavy atom. The highest BCUT2D eigenvalue weighted by Gasteiger charge is 2.50. The zero-order valence-corrected chi connectivity index (χ0v) is 13.4. The minimum absolute atomic E-state index is 0.000910. The van der Waals surface area contributed by atoms with E-state index in [-0.39, 0.29) is 22.9 Å². The van der Waals surface area contributed by atoms with Crippen molar-refractivity contribution in [2.45, 2.75) is 46.0 Å². The molecule has 5 nitrogen and oxygen atoms in total. The number of rotatable bonds is 10. The highest BCUT2D eigenvalue weighted by atomic mass is 16.4. The van der Waals surface area contributed by atoms with Gasteiger partial charge in [0, 0.05) is 5.92 Å². The standard InChI is InChI=1S/C17H26N2O3/c1-4-10-18-11-8-6-5-7-9-14(16(21)22)19-15(20)13-12-17(13,2)3/h1,9,13,18H,5-8,10-12H2,2-3H3,(H,19,20)(H,21,22)/b14-9-. The lowest BCUT2D eigenvalue weighted by molar-refractivity contribution is -0.135. The van der Waals surface area contributed by atoms with E-state index in [0.29, 0.717) is 13.0 Å². The molecule has 1 amide bonds. The molecule has 1 atom stereocenters. The number of hydrogen-bond donors (Lipinski definition) is 3. The van der Waals surface area contributed by atoms with Crippen LogP contribution >= 0.6 is 0 Å². The summed E-state index contributed by atoms with van der Waals surface area (Å²) in [4.78, 5) is 23.1. The van der Waals surface area contributed by atoms with Gasteiger partial charge < -0.3 is 15.7 Å². The van der Waals surface area contributed by atoms with Gasteiger partial charge >= 0.3 is 5.97 Å². The number of carbonyl (C=O) groups excluding carboxylic acids is 1. The molecule has 0 aromatic carbocycles. The molecule has 1 unspecified atom stereocenters. The van der Waals surface area contributed by atoms with Gasteiger partial charge in [0.1, 0.15) is 5.70 Å². The van der Waals surface area contributed by atoms with Gasteiger partial charge in [0.25, 0.3) is 0 Å². The normalized spacial score (nSPS) is 19.3. The third-order valence-corrected chi connectivity index (χ3v) is 3.95. The van der Waals surface area contributed by atoms with Gasteiger partial charge in [-0.25, -0.2) is 4.79 Å². The number of carboxylic acid groups (broad SMARTS) is 1. The Hall–Kier alpha value is -1.80. The first kappa shape index (κ1) is 18.2. The number of amides is 1. The van der Waals surface area contributed by atoms with E-state index >= 15 is 0 Å². The monoisotopic (exact) mass is 306 g/mol. The molecule has 0 aromatic rings. The lowest BCUT2D eigenvalue weighted by atomic mass is 10.1. The fourth-order valence-corrected chi connectivity index (χ4v) is 2.30. The molecule has 22 heavy (non-hydrogen) atoms. The zero-order chi connectivity index (χ0) is 16.6. The fraction of sp³-hybridized carbons (Fsp3) is 0.647. The summed E-state index contributed by atoms with van der Waals surface area (Å²) in [6.45, 7) is 5.46. The predicted octanol–water partition coefficient (Wildman–Crippen LogP) is 1.90. The first-order chi connectivity index (χ1) is 10.4. The van der Waals surface area contributed by atoms with Crippen LogP contribution in [0.5, 0.6) is 0 Å². The summed E-state index contributed by atoms with van der Waals surface area (Å²) in [7, 11) is 0. The summed E-state index contributed by atoms with van der Waals surface area (Å²) in [6.07, 6.45) is 11.1. The quantitative estimate of drug-likeness (QED) is 0.327. The summed E-state index contributed by atoms with van der Waals surface area (Å²) in [5, 5.41) is 14.8. The molecular formula is C17H26N2O3.